The molecule has 1 aromatic heterocycles. The molecule has 1 rings (SSSR count). The Morgan fingerprint density at radius 2 is 0.744 bits per heavy atom. The van der Waals surface area contributed by atoms with Gasteiger partial charge in [-0.1, -0.05) is 19.7 Å². The fourth-order valence-electron chi connectivity index (χ4n) is 3.26. The molecule has 0 N–H and O–H groups in total. The van der Waals surface area contributed by atoms with E-state index in [4.69, 9.17) is 28.4 Å². The van der Waals surface area contributed by atoms with Crippen molar-refractivity contribution in [1.82, 2.24) is 13.7 Å². The smallest absolute Gasteiger partial charge is 0.340 e. The maximum atomic E-state index is 13.4. The zero-order valence-corrected chi connectivity index (χ0v) is 22.6. The summed E-state index contributed by atoms with van der Waals surface area (Å²) < 4.78 is 32.8. The lowest BCUT2D eigenvalue weighted by Gasteiger charge is -2.26. The summed E-state index contributed by atoms with van der Waals surface area (Å²) in [7, 11) is 0. The van der Waals surface area contributed by atoms with Gasteiger partial charge in [0, 0.05) is 18.2 Å². The molecule has 15 nitrogen and oxygen atoms in total. The zero-order valence-electron chi connectivity index (χ0n) is 22.6. The summed E-state index contributed by atoms with van der Waals surface area (Å²) in [4.78, 5) is 74.6. The van der Waals surface area contributed by atoms with Crippen molar-refractivity contribution in [2.45, 2.75) is 79.1 Å². The van der Waals surface area contributed by atoms with Crippen LogP contribution < -0.4 is 17.1 Å². The summed E-state index contributed by atoms with van der Waals surface area (Å²) in [6.45, 7) is 17.7. The average molecular weight is 556 g/mol. The van der Waals surface area contributed by atoms with E-state index in [-0.39, 0.29) is 0 Å². The molecule has 6 atom stereocenters. The number of rotatable bonds is 15. The second-order valence-electron chi connectivity index (χ2n) is 7.79. The predicted octanol–water partition coefficient (Wildman–Crippen LogP) is 1.00. The van der Waals surface area contributed by atoms with E-state index in [9.17, 15) is 28.8 Å². The molecular formula is C24H33N3O12. The summed E-state index contributed by atoms with van der Waals surface area (Å²) in [6.07, 6.45) is -5.18. The van der Waals surface area contributed by atoms with Gasteiger partial charge in [0.25, 0.3) is 0 Å². The third-order valence-electron chi connectivity index (χ3n) is 4.84. The first-order valence-electron chi connectivity index (χ1n) is 11.6. The summed E-state index contributed by atoms with van der Waals surface area (Å²) in [5.41, 5.74) is -3.49. The molecule has 0 saturated carbocycles. The Bertz CT molecular complexity index is 1080. The van der Waals surface area contributed by atoms with Crippen LogP contribution in [0, 0.1) is 0 Å². The average Bonchev–Trinajstić information content (AvgIpc) is 2.82. The first-order valence-corrected chi connectivity index (χ1v) is 11.6. The van der Waals surface area contributed by atoms with Crippen molar-refractivity contribution < 1.29 is 42.8 Å². The molecule has 1 aromatic rings. The minimum Gasteiger partial charge on any atom is -0.433 e. The van der Waals surface area contributed by atoms with Gasteiger partial charge >= 0.3 is 35.0 Å². The molecule has 0 aromatic carbocycles. The summed E-state index contributed by atoms with van der Waals surface area (Å²) in [5.74, 6) is -2.46. The van der Waals surface area contributed by atoms with Gasteiger partial charge in [-0.05, 0) is 41.5 Å². The van der Waals surface area contributed by atoms with Crippen LogP contribution in [0.5, 0.6) is 0 Å². The zero-order chi connectivity index (χ0) is 30.0. The van der Waals surface area contributed by atoms with Gasteiger partial charge in [-0.25, -0.2) is 42.5 Å². The number of ether oxygens (including phenoxy) is 6. The molecule has 0 saturated heterocycles. The topological polar surface area (TPSA) is 173 Å². The number of hydrogen-bond acceptors (Lipinski definition) is 12. The standard InChI is InChI=1S/C24H33N3O12/c1-10-19(28)37-16(7)34-13(4)25-22(31)26(14(5)35-17(8)38-20(29)11-2)24(33)27(23(25)32)15(6)36-18(9)39-21(30)12-3/h10-18H,1-3H2,4-9H3. The van der Waals surface area contributed by atoms with Crippen molar-refractivity contribution in [2.24, 2.45) is 0 Å². The van der Waals surface area contributed by atoms with Crippen LogP contribution in [0.4, 0.5) is 0 Å². The quantitative estimate of drug-likeness (QED) is 0.130. The van der Waals surface area contributed by atoms with Crippen LogP contribution >= 0.6 is 0 Å². The fraction of sp³-hybridized carbons (Fsp3) is 0.500. The second kappa shape index (κ2) is 14.8. The highest BCUT2D eigenvalue weighted by Gasteiger charge is 2.28. The molecule has 0 aliphatic rings. The second-order valence-corrected chi connectivity index (χ2v) is 7.79. The van der Waals surface area contributed by atoms with Crippen molar-refractivity contribution in [3.8, 4) is 0 Å². The maximum Gasteiger partial charge on any atom is 0.340 e. The van der Waals surface area contributed by atoms with Gasteiger partial charge in [0.2, 0.25) is 18.9 Å². The Kier molecular flexibility index (Phi) is 12.5. The maximum absolute atomic E-state index is 13.4. The van der Waals surface area contributed by atoms with E-state index in [1.807, 2.05) is 0 Å². The van der Waals surface area contributed by atoms with E-state index in [2.05, 4.69) is 19.7 Å². The van der Waals surface area contributed by atoms with Gasteiger partial charge in [-0.3, -0.25) is 0 Å². The lowest BCUT2D eigenvalue weighted by atomic mass is 10.5. The van der Waals surface area contributed by atoms with Crippen LogP contribution in [0.15, 0.2) is 52.3 Å². The minimum absolute atomic E-state index is 0.556. The SMILES string of the molecule is C=CC(=O)OC(C)OC(C)n1c(=O)n(C(C)OC(C)OC(=O)C=C)c(=O)n(C(C)OC(C)OC(=O)C=C)c1=O. The molecule has 0 amide bonds. The molecule has 15 heteroatoms. The van der Waals surface area contributed by atoms with Crippen LogP contribution in [-0.2, 0) is 42.8 Å². The van der Waals surface area contributed by atoms with E-state index in [0.29, 0.717) is 13.7 Å². The number of nitrogens with zero attached hydrogens (tertiary/aromatic N) is 3. The highest BCUT2D eigenvalue weighted by molar-refractivity contribution is 5.81. The minimum atomic E-state index is -1.39. The Hall–Kier alpha value is -4.08. The van der Waals surface area contributed by atoms with E-state index in [1.165, 1.54) is 41.5 Å². The first-order chi connectivity index (χ1) is 18.2. The monoisotopic (exact) mass is 555 g/mol. The predicted molar refractivity (Wildman–Crippen MR) is 134 cm³/mol. The Morgan fingerprint density at radius 1 is 0.538 bits per heavy atom. The lowest BCUT2D eigenvalue weighted by Crippen LogP contribution is -2.57. The van der Waals surface area contributed by atoms with Gasteiger partial charge in [0.15, 0.2) is 0 Å². The molecule has 6 unspecified atom stereocenters. The van der Waals surface area contributed by atoms with E-state index in [1.54, 1.807) is 0 Å². The van der Waals surface area contributed by atoms with Gasteiger partial charge in [0.05, 0.1) is 0 Å². The van der Waals surface area contributed by atoms with Gasteiger partial charge in [-0.2, -0.15) is 0 Å². The van der Waals surface area contributed by atoms with Crippen molar-refractivity contribution in [3.63, 3.8) is 0 Å². The van der Waals surface area contributed by atoms with Gasteiger partial charge < -0.3 is 28.4 Å². The Balaban J connectivity index is 3.64. The van der Waals surface area contributed by atoms with Crippen LogP contribution in [0.3, 0.4) is 0 Å². The third kappa shape index (κ3) is 9.01. The van der Waals surface area contributed by atoms with Gasteiger partial charge in [-0.15, -0.1) is 0 Å². The largest absolute Gasteiger partial charge is 0.433 e. The third-order valence-corrected chi connectivity index (χ3v) is 4.84. The van der Waals surface area contributed by atoms with Crippen molar-refractivity contribution in [3.05, 3.63) is 69.4 Å². The first kappa shape index (κ1) is 32.9. The summed E-state index contributed by atoms with van der Waals surface area (Å²) in [5, 5.41) is 0. The molecule has 0 aliphatic carbocycles. The number of aromatic nitrogens is 3. The summed E-state index contributed by atoms with van der Waals surface area (Å²) >= 11 is 0. The van der Waals surface area contributed by atoms with Crippen molar-refractivity contribution in [2.75, 3.05) is 0 Å². The molecule has 0 bridgehead atoms. The molecule has 0 radical (unpaired) electrons. The van der Waals surface area contributed by atoms with E-state index >= 15 is 0 Å². The van der Waals surface area contributed by atoms with Crippen LogP contribution in [0.2, 0.25) is 0 Å². The van der Waals surface area contributed by atoms with E-state index < -0.39 is 72.5 Å². The molecular weight excluding hydrogens is 522 g/mol. The lowest BCUT2D eigenvalue weighted by molar-refractivity contribution is -0.193. The molecule has 1 heterocycles. The molecule has 0 aliphatic heterocycles. The number of esters is 3. The summed E-state index contributed by atoms with van der Waals surface area (Å²) in [6, 6.07) is 0. The molecule has 0 spiro atoms. The molecule has 39 heavy (non-hydrogen) atoms. The van der Waals surface area contributed by atoms with Crippen LogP contribution in [0.1, 0.15) is 60.2 Å². The number of carbonyl (C=O) groups is 3. The normalized spacial score (nSPS) is 15.5. The Morgan fingerprint density at radius 3 is 0.923 bits per heavy atom. The fourth-order valence-corrected chi connectivity index (χ4v) is 3.26. The Labute approximate surface area is 223 Å². The highest BCUT2D eigenvalue weighted by atomic mass is 16.7. The highest BCUT2D eigenvalue weighted by Crippen LogP contribution is 2.13. The van der Waals surface area contributed by atoms with E-state index in [0.717, 1.165) is 18.2 Å². The van der Waals surface area contributed by atoms with Gasteiger partial charge in [0.1, 0.15) is 18.7 Å². The van der Waals surface area contributed by atoms with Crippen LogP contribution in [-0.4, -0.2) is 50.5 Å². The number of carbonyl (C=O) groups excluding carboxylic acids is 3. The number of hydrogen-bond donors (Lipinski definition) is 0. The van der Waals surface area contributed by atoms with Crippen LogP contribution in [0.25, 0.3) is 0 Å². The molecule has 216 valence electrons. The van der Waals surface area contributed by atoms with Crippen molar-refractivity contribution in [1.29, 1.82) is 0 Å². The molecule has 0 fully saturated rings. The van der Waals surface area contributed by atoms with Crippen molar-refractivity contribution >= 4 is 17.9 Å².